The highest BCUT2D eigenvalue weighted by molar-refractivity contribution is 6.32. The Labute approximate surface area is 169 Å². The van der Waals surface area contributed by atoms with Crippen molar-refractivity contribution in [3.63, 3.8) is 0 Å². The van der Waals surface area contributed by atoms with Crippen molar-refractivity contribution in [3.05, 3.63) is 35.0 Å². The number of alkyl halides is 3. The first-order valence-electron chi connectivity index (χ1n) is 8.53. The molecule has 2 rings (SSSR count). The van der Waals surface area contributed by atoms with Crippen LogP contribution >= 0.6 is 11.6 Å². The number of ether oxygens (including phenoxy) is 3. The second-order valence-electron chi connectivity index (χ2n) is 5.83. The molecule has 0 radical (unpaired) electrons. The van der Waals surface area contributed by atoms with Crippen LogP contribution in [-0.4, -0.2) is 34.8 Å². The highest BCUT2D eigenvalue weighted by Crippen LogP contribution is 2.32. The molecule has 0 bridgehead atoms. The molecule has 2 aromatic rings. The Kier molecular flexibility index (Phi) is 7.34. The van der Waals surface area contributed by atoms with Gasteiger partial charge >= 0.3 is 12.3 Å². The number of hydrogen-bond acceptors (Lipinski definition) is 6. The van der Waals surface area contributed by atoms with E-state index < -0.39 is 24.2 Å². The van der Waals surface area contributed by atoms with Gasteiger partial charge in [0.25, 0.3) is 0 Å². The number of nitrogens with zero attached hydrogens (tertiary/aromatic N) is 3. The minimum atomic E-state index is -4.87. The normalized spacial score (nSPS) is 12.2. The topological polar surface area (TPSA) is 86.4 Å². The molecular weight excluding hydrogens is 415 g/mol. The third kappa shape index (κ3) is 6.02. The Morgan fingerprint density at radius 2 is 2.14 bits per heavy atom. The van der Waals surface area contributed by atoms with E-state index in [1.165, 1.54) is 19.2 Å². The van der Waals surface area contributed by atoms with Crippen LogP contribution in [0, 0.1) is 11.3 Å². The first kappa shape index (κ1) is 22.4. The van der Waals surface area contributed by atoms with Gasteiger partial charge in [-0.05, 0) is 25.5 Å². The van der Waals surface area contributed by atoms with Crippen molar-refractivity contribution in [1.29, 1.82) is 5.26 Å². The molecule has 0 N–H and O–H groups in total. The second-order valence-corrected chi connectivity index (χ2v) is 6.24. The molecule has 1 atom stereocenters. The second kappa shape index (κ2) is 9.52. The van der Waals surface area contributed by atoms with Gasteiger partial charge in [0.1, 0.15) is 17.4 Å². The molecule has 1 aromatic carbocycles. The Balaban J connectivity index is 2.28. The SMILES string of the molecule is CCCCOC(=O)C(C)Oc1c(C#N)cnn1-c1ccc(OC(F)(F)F)cc1Cl. The molecule has 0 fully saturated rings. The summed E-state index contributed by atoms with van der Waals surface area (Å²) in [4.78, 5) is 12.0. The summed E-state index contributed by atoms with van der Waals surface area (Å²) < 4.78 is 52.6. The first-order chi connectivity index (χ1) is 13.7. The summed E-state index contributed by atoms with van der Waals surface area (Å²) in [6.07, 6.45) is -3.20. The van der Waals surface area contributed by atoms with Crippen LogP contribution in [0.15, 0.2) is 24.4 Å². The van der Waals surface area contributed by atoms with Gasteiger partial charge in [0, 0.05) is 6.07 Å². The summed E-state index contributed by atoms with van der Waals surface area (Å²) in [5, 5.41) is 13.1. The molecule has 1 aromatic heterocycles. The van der Waals surface area contributed by atoms with Crippen LogP contribution in [0.1, 0.15) is 32.3 Å². The first-order valence-corrected chi connectivity index (χ1v) is 8.91. The van der Waals surface area contributed by atoms with Gasteiger partial charge in [-0.25, -0.2) is 4.79 Å². The van der Waals surface area contributed by atoms with Gasteiger partial charge in [-0.15, -0.1) is 13.2 Å². The van der Waals surface area contributed by atoms with Crippen LogP contribution in [-0.2, 0) is 9.53 Å². The lowest BCUT2D eigenvalue weighted by molar-refractivity contribution is -0.274. The van der Waals surface area contributed by atoms with E-state index in [0.29, 0.717) is 6.42 Å². The Morgan fingerprint density at radius 1 is 1.41 bits per heavy atom. The zero-order valence-corrected chi connectivity index (χ0v) is 16.3. The maximum Gasteiger partial charge on any atom is 0.573 e. The summed E-state index contributed by atoms with van der Waals surface area (Å²) in [6, 6.07) is 5.07. The maximum absolute atomic E-state index is 12.4. The standard InChI is InChI=1S/C18H17ClF3N3O4/c1-3-4-7-27-17(26)11(2)28-16-12(9-23)10-24-25(16)15-6-5-13(8-14(15)19)29-18(20,21)22/h5-6,8,10-11H,3-4,7H2,1-2H3. The van der Waals surface area contributed by atoms with Crippen LogP contribution < -0.4 is 9.47 Å². The molecule has 0 aliphatic rings. The van der Waals surface area contributed by atoms with Crippen molar-refractivity contribution in [2.45, 2.75) is 39.2 Å². The van der Waals surface area contributed by atoms with Crippen molar-refractivity contribution in [1.82, 2.24) is 9.78 Å². The van der Waals surface area contributed by atoms with Gasteiger partial charge in [-0.2, -0.15) is 15.0 Å². The molecule has 0 spiro atoms. The smallest absolute Gasteiger partial charge is 0.463 e. The Bertz CT molecular complexity index is 909. The van der Waals surface area contributed by atoms with Gasteiger partial charge in [0.15, 0.2) is 6.10 Å². The highest BCUT2D eigenvalue weighted by atomic mass is 35.5. The summed E-state index contributed by atoms with van der Waals surface area (Å²) >= 11 is 6.06. The minimum absolute atomic E-state index is 0.00453. The largest absolute Gasteiger partial charge is 0.573 e. The molecule has 29 heavy (non-hydrogen) atoms. The molecule has 7 nitrogen and oxygen atoms in total. The van der Waals surface area contributed by atoms with E-state index >= 15 is 0 Å². The third-order valence-corrected chi connectivity index (χ3v) is 3.89. The number of carbonyl (C=O) groups excluding carboxylic acids is 1. The van der Waals surface area contributed by atoms with E-state index in [1.807, 2.05) is 13.0 Å². The van der Waals surface area contributed by atoms with Crippen molar-refractivity contribution in [2.75, 3.05) is 6.61 Å². The van der Waals surface area contributed by atoms with E-state index in [4.69, 9.17) is 21.1 Å². The lowest BCUT2D eigenvalue weighted by atomic mass is 10.3. The molecule has 11 heteroatoms. The van der Waals surface area contributed by atoms with E-state index in [0.717, 1.165) is 23.2 Å². The van der Waals surface area contributed by atoms with Crippen LogP contribution in [0.5, 0.6) is 11.6 Å². The zero-order valence-electron chi connectivity index (χ0n) is 15.5. The number of carbonyl (C=O) groups is 1. The zero-order chi connectivity index (χ0) is 21.6. The number of aromatic nitrogens is 2. The summed E-state index contributed by atoms with van der Waals surface area (Å²) in [6.45, 7) is 3.62. The van der Waals surface area contributed by atoms with E-state index in [1.54, 1.807) is 0 Å². The number of unbranched alkanes of at least 4 members (excludes halogenated alkanes) is 1. The molecule has 0 saturated heterocycles. The lowest BCUT2D eigenvalue weighted by Gasteiger charge is -2.16. The number of benzene rings is 1. The van der Waals surface area contributed by atoms with E-state index in [2.05, 4.69) is 9.84 Å². The fraction of sp³-hybridized carbons (Fsp3) is 0.389. The fourth-order valence-electron chi connectivity index (χ4n) is 2.21. The van der Waals surface area contributed by atoms with E-state index in [-0.39, 0.29) is 28.8 Å². The molecule has 1 unspecified atom stereocenters. The average Bonchev–Trinajstić information content (AvgIpc) is 3.03. The number of hydrogen-bond donors (Lipinski definition) is 0. The van der Waals surface area contributed by atoms with Gasteiger partial charge in [0.05, 0.1) is 23.5 Å². The summed E-state index contributed by atoms with van der Waals surface area (Å²) in [5.74, 6) is -1.25. The van der Waals surface area contributed by atoms with E-state index in [9.17, 15) is 23.2 Å². The third-order valence-electron chi connectivity index (χ3n) is 3.59. The summed E-state index contributed by atoms with van der Waals surface area (Å²) in [5.41, 5.74) is 0.133. The molecule has 1 heterocycles. The Hall–Kier alpha value is -2.93. The van der Waals surface area contributed by atoms with Crippen LogP contribution in [0.25, 0.3) is 5.69 Å². The fourth-order valence-corrected chi connectivity index (χ4v) is 2.46. The quantitative estimate of drug-likeness (QED) is 0.454. The maximum atomic E-state index is 12.4. The van der Waals surface area contributed by atoms with Crippen LogP contribution in [0.4, 0.5) is 13.2 Å². The molecule has 0 amide bonds. The summed E-state index contributed by atoms with van der Waals surface area (Å²) in [7, 11) is 0. The van der Waals surface area contributed by atoms with Gasteiger partial charge in [-0.3, -0.25) is 0 Å². The molecule has 0 aliphatic heterocycles. The molecule has 0 aliphatic carbocycles. The van der Waals surface area contributed by atoms with Crippen molar-refractivity contribution in [3.8, 4) is 23.4 Å². The number of rotatable bonds is 8. The lowest BCUT2D eigenvalue weighted by Crippen LogP contribution is -2.27. The molecule has 156 valence electrons. The minimum Gasteiger partial charge on any atom is -0.463 e. The van der Waals surface area contributed by atoms with Crippen molar-refractivity contribution >= 4 is 17.6 Å². The van der Waals surface area contributed by atoms with Gasteiger partial charge in [-0.1, -0.05) is 24.9 Å². The monoisotopic (exact) mass is 431 g/mol. The van der Waals surface area contributed by atoms with Gasteiger partial charge in [0.2, 0.25) is 5.88 Å². The van der Waals surface area contributed by atoms with Crippen molar-refractivity contribution < 1.29 is 32.2 Å². The van der Waals surface area contributed by atoms with Gasteiger partial charge < -0.3 is 14.2 Å². The molecular formula is C18H17ClF3N3O4. The molecule has 0 saturated carbocycles. The predicted octanol–water partition coefficient (Wildman–Crippen LogP) is 4.41. The number of nitriles is 1. The highest BCUT2D eigenvalue weighted by Gasteiger charge is 2.31. The number of halogens is 4. The predicted molar refractivity (Wildman–Crippen MR) is 95.9 cm³/mol. The number of esters is 1. The Morgan fingerprint density at radius 3 is 2.72 bits per heavy atom. The van der Waals surface area contributed by atoms with Crippen molar-refractivity contribution in [2.24, 2.45) is 0 Å². The van der Waals surface area contributed by atoms with Crippen LogP contribution in [0.3, 0.4) is 0 Å². The average molecular weight is 432 g/mol. The van der Waals surface area contributed by atoms with Crippen LogP contribution in [0.2, 0.25) is 5.02 Å².